The number of phenolic OH excluding ortho intramolecular Hbond substituents is 1. The lowest BCUT2D eigenvalue weighted by atomic mass is 10.2. The molecule has 6 nitrogen and oxygen atoms in total. The number of nitrogens with zero attached hydrogens (tertiary/aromatic N) is 1. The predicted octanol–water partition coefficient (Wildman–Crippen LogP) is 2.65. The Morgan fingerprint density at radius 1 is 1.40 bits per heavy atom. The van der Waals surface area contributed by atoms with Crippen molar-refractivity contribution in [1.82, 2.24) is 0 Å². The van der Waals surface area contributed by atoms with Gasteiger partial charge in [0.15, 0.2) is 0 Å². The van der Waals surface area contributed by atoms with E-state index in [1.165, 1.54) is 23.5 Å². The van der Waals surface area contributed by atoms with Crippen molar-refractivity contribution in [3.63, 3.8) is 0 Å². The van der Waals surface area contributed by atoms with Crippen molar-refractivity contribution in [3.05, 3.63) is 23.6 Å². The molecule has 1 aromatic heterocycles. The average molecular weight is 295 g/mol. The minimum absolute atomic E-state index is 0.0521. The van der Waals surface area contributed by atoms with E-state index in [-0.39, 0.29) is 12.4 Å². The molecule has 1 amide bonds. The first-order valence-corrected chi connectivity index (χ1v) is 6.77. The minimum Gasteiger partial charge on any atom is -0.508 e. The van der Waals surface area contributed by atoms with Crippen molar-refractivity contribution in [2.45, 2.75) is 6.92 Å². The highest BCUT2D eigenvalue weighted by Gasteiger charge is 2.23. The van der Waals surface area contributed by atoms with Crippen molar-refractivity contribution >= 4 is 39.2 Å². The summed E-state index contributed by atoms with van der Waals surface area (Å²) in [6.07, 6.45) is -0.724. The first-order valence-electron chi connectivity index (χ1n) is 5.89. The minimum atomic E-state index is -1.14. The first kappa shape index (κ1) is 14.1. The molecule has 0 saturated heterocycles. The molecule has 7 heteroatoms. The van der Waals surface area contributed by atoms with Crippen LogP contribution in [-0.4, -0.2) is 35.4 Å². The van der Waals surface area contributed by atoms with E-state index in [1.54, 1.807) is 18.4 Å². The van der Waals surface area contributed by atoms with E-state index in [9.17, 15) is 14.7 Å². The van der Waals surface area contributed by atoms with Gasteiger partial charge in [-0.25, -0.2) is 4.79 Å². The van der Waals surface area contributed by atoms with Gasteiger partial charge in [-0.3, -0.25) is 9.69 Å². The summed E-state index contributed by atoms with van der Waals surface area (Å²) in [5.74, 6) is -1.09. The van der Waals surface area contributed by atoms with E-state index >= 15 is 0 Å². The van der Waals surface area contributed by atoms with Gasteiger partial charge in [-0.15, -0.1) is 11.3 Å². The number of carbonyl (C=O) groups is 2. The molecular formula is C13H13NO5S. The Bertz CT molecular complexity index is 651. The Labute approximate surface area is 118 Å². The number of rotatable bonds is 4. The van der Waals surface area contributed by atoms with E-state index in [1.807, 2.05) is 0 Å². The van der Waals surface area contributed by atoms with Gasteiger partial charge in [-0.1, -0.05) is 0 Å². The number of amides is 1. The quantitative estimate of drug-likeness (QED) is 0.905. The SMILES string of the molecule is CCOC(=O)N(CC(=O)O)c1csc2ccc(O)cc12. The summed E-state index contributed by atoms with van der Waals surface area (Å²) in [6, 6.07) is 4.74. The normalized spacial score (nSPS) is 10.4. The van der Waals surface area contributed by atoms with Gasteiger partial charge in [0.1, 0.15) is 12.3 Å². The summed E-state index contributed by atoms with van der Waals surface area (Å²) in [5, 5.41) is 20.7. The molecule has 1 aromatic carbocycles. The fourth-order valence-corrected chi connectivity index (χ4v) is 2.73. The smallest absolute Gasteiger partial charge is 0.414 e. The zero-order chi connectivity index (χ0) is 14.7. The lowest BCUT2D eigenvalue weighted by Gasteiger charge is -2.19. The van der Waals surface area contributed by atoms with Gasteiger partial charge in [-0.2, -0.15) is 0 Å². The number of ether oxygens (including phenoxy) is 1. The number of fused-ring (bicyclic) bond motifs is 1. The van der Waals surface area contributed by atoms with Crippen LogP contribution < -0.4 is 4.90 Å². The molecule has 0 bridgehead atoms. The summed E-state index contributed by atoms with van der Waals surface area (Å²) < 4.78 is 5.72. The first-order chi connectivity index (χ1) is 9.52. The number of phenols is 1. The molecule has 0 aliphatic rings. The fraction of sp³-hybridized carbons (Fsp3) is 0.231. The van der Waals surface area contributed by atoms with E-state index in [0.717, 1.165) is 9.60 Å². The van der Waals surface area contributed by atoms with Crippen LogP contribution in [0.1, 0.15) is 6.92 Å². The second kappa shape index (κ2) is 5.79. The van der Waals surface area contributed by atoms with Gasteiger partial charge in [0.25, 0.3) is 0 Å². The molecular weight excluding hydrogens is 282 g/mol. The second-order valence-corrected chi connectivity index (χ2v) is 4.89. The van der Waals surface area contributed by atoms with Crippen molar-refractivity contribution in [3.8, 4) is 5.75 Å². The van der Waals surface area contributed by atoms with E-state index in [0.29, 0.717) is 11.1 Å². The standard InChI is InChI=1S/C13H13NO5S/c1-2-19-13(18)14(6-12(16)17)10-7-20-11-4-3-8(15)5-9(10)11/h3-5,7,15H,2,6H2,1H3,(H,16,17). The Hall–Kier alpha value is -2.28. The predicted molar refractivity (Wildman–Crippen MR) is 75.5 cm³/mol. The number of carboxylic acid groups (broad SMARTS) is 1. The maximum absolute atomic E-state index is 11.9. The average Bonchev–Trinajstić information content (AvgIpc) is 2.78. The maximum Gasteiger partial charge on any atom is 0.414 e. The molecule has 0 spiro atoms. The monoisotopic (exact) mass is 295 g/mol. The molecule has 2 N–H and O–H groups in total. The Balaban J connectivity index is 2.47. The number of hydrogen-bond acceptors (Lipinski definition) is 5. The van der Waals surface area contributed by atoms with Crippen LogP contribution in [0.2, 0.25) is 0 Å². The third-order valence-corrected chi connectivity index (χ3v) is 3.56. The van der Waals surface area contributed by atoms with Crippen LogP contribution in [0.3, 0.4) is 0 Å². The zero-order valence-corrected chi connectivity index (χ0v) is 11.5. The van der Waals surface area contributed by atoms with E-state index < -0.39 is 18.6 Å². The van der Waals surface area contributed by atoms with Gasteiger partial charge in [0, 0.05) is 15.5 Å². The van der Waals surface area contributed by atoms with Crippen LogP contribution in [0.5, 0.6) is 5.75 Å². The second-order valence-electron chi connectivity index (χ2n) is 3.98. The Morgan fingerprint density at radius 2 is 2.15 bits per heavy atom. The van der Waals surface area contributed by atoms with Gasteiger partial charge in [0.05, 0.1) is 12.3 Å². The van der Waals surface area contributed by atoms with Gasteiger partial charge >= 0.3 is 12.1 Å². The van der Waals surface area contributed by atoms with Crippen molar-refractivity contribution in [2.75, 3.05) is 18.1 Å². The van der Waals surface area contributed by atoms with Crippen molar-refractivity contribution in [1.29, 1.82) is 0 Å². The lowest BCUT2D eigenvalue weighted by Crippen LogP contribution is -2.36. The van der Waals surface area contributed by atoms with Crippen LogP contribution >= 0.6 is 11.3 Å². The lowest BCUT2D eigenvalue weighted by molar-refractivity contribution is -0.135. The number of carboxylic acids is 1. The van der Waals surface area contributed by atoms with Crippen molar-refractivity contribution in [2.24, 2.45) is 0 Å². The number of benzene rings is 1. The van der Waals surface area contributed by atoms with Gasteiger partial charge in [0.2, 0.25) is 0 Å². The van der Waals surface area contributed by atoms with E-state index in [4.69, 9.17) is 9.84 Å². The zero-order valence-electron chi connectivity index (χ0n) is 10.7. The Kier molecular flexibility index (Phi) is 4.09. The van der Waals surface area contributed by atoms with E-state index in [2.05, 4.69) is 0 Å². The van der Waals surface area contributed by atoms with Crippen LogP contribution in [0.15, 0.2) is 23.6 Å². The highest BCUT2D eigenvalue weighted by Crippen LogP contribution is 2.35. The molecule has 1 heterocycles. The maximum atomic E-state index is 11.9. The van der Waals surface area contributed by atoms with Gasteiger partial charge in [-0.05, 0) is 25.1 Å². The molecule has 0 aliphatic heterocycles. The van der Waals surface area contributed by atoms with Crippen molar-refractivity contribution < 1.29 is 24.5 Å². The number of aliphatic carboxylic acids is 1. The molecule has 2 rings (SSSR count). The van der Waals surface area contributed by atoms with Crippen LogP contribution in [0, 0.1) is 0 Å². The number of carbonyl (C=O) groups excluding carboxylic acids is 1. The number of anilines is 1. The largest absolute Gasteiger partial charge is 0.508 e. The summed E-state index contributed by atoms with van der Waals surface area (Å²) in [4.78, 5) is 23.9. The van der Waals surface area contributed by atoms with Crippen LogP contribution in [-0.2, 0) is 9.53 Å². The van der Waals surface area contributed by atoms with Crippen LogP contribution in [0.4, 0.5) is 10.5 Å². The van der Waals surface area contributed by atoms with Crippen LogP contribution in [0.25, 0.3) is 10.1 Å². The number of hydrogen-bond donors (Lipinski definition) is 2. The molecule has 20 heavy (non-hydrogen) atoms. The third kappa shape index (κ3) is 2.83. The summed E-state index contributed by atoms with van der Waals surface area (Å²) in [7, 11) is 0. The molecule has 0 saturated carbocycles. The summed E-state index contributed by atoms with van der Waals surface area (Å²) in [5.41, 5.74) is 0.418. The molecule has 0 unspecified atom stereocenters. The molecule has 0 atom stereocenters. The fourth-order valence-electron chi connectivity index (χ4n) is 1.80. The Morgan fingerprint density at radius 3 is 2.80 bits per heavy atom. The molecule has 106 valence electrons. The molecule has 0 radical (unpaired) electrons. The topological polar surface area (TPSA) is 87.1 Å². The molecule has 0 aliphatic carbocycles. The molecule has 2 aromatic rings. The molecule has 0 fully saturated rings. The number of thiophene rings is 1. The van der Waals surface area contributed by atoms with Gasteiger partial charge < -0.3 is 14.9 Å². The highest BCUT2D eigenvalue weighted by molar-refractivity contribution is 7.17. The highest BCUT2D eigenvalue weighted by atomic mass is 32.1. The summed E-state index contributed by atoms with van der Waals surface area (Å²) in [6.45, 7) is 1.30. The third-order valence-electron chi connectivity index (χ3n) is 2.61. The summed E-state index contributed by atoms with van der Waals surface area (Å²) >= 11 is 1.36. The number of aromatic hydroxyl groups is 1.